The summed E-state index contributed by atoms with van der Waals surface area (Å²) >= 11 is 0. The highest BCUT2D eigenvalue weighted by molar-refractivity contribution is 5.71. The summed E-state index contributed by atoms with van der Waals surface area (Å²) in [6.45, 7) is 6.16. The number of rotatable bonds is 3. The molecule has 0 rings (SSSR count). The van der Waals surface area contributed by atoms with Crippen LogP contribution in [-0.4, -0.2) is 12.6 Å². The lowest BCUT2D eigenvalue weighted by atomic mass is 10.1. The van der Waals surface area contributed by atoms with Crippen molar-refractivity contribution in [1.82, 2.24) is 0 Å². The van der Waals surface area contributed by atoms with Crippen molar-refractivity contribution >= 4 is 5.97 Å². The molecule has 1 atom stereocenters. The Kier molecular flexibility index (Phi) is 14.5. The SMILES string of the molecule is C.C.CCOC(=O)C(C)CC. The molecule has 2 heteroatoms. The summed E-state index contributed by atoms with van der Waals surface area (Å²) in [6.07, 6.45) is 0.860. The molecule has 0 aromatic carbocycles. The van der Waals surface area contributed by atoms with Crippen LogP contribution in [0.4, 0.5) is 0 Å². The summed E-state index contributed by atoms with van der Waals surface area (Å²) < 4.78 is 4.76. The quantitative estimate of drug-likeness (QED) is 0.596. The third kappa shape index (κ3) is 7.37. The van der Waals surface area contributed by atoms with Crippen molar-refractivity contribution in [2.45, 2.75) is 42.0 Å². The smallest absolute Gasteiger partial charge is 0.308 e. The average molecular weight is 162 g/mol. The summed E-state index contributed by atoms with van der Waals surface area (Å²) in [5.74, 6) is -0.0232. The maximum Gasteiger partial charge on any atom is 0.308 e. The fraction of sp³-hybridized carbons (Fsp3) is 0.889. The molecular weight excluding hydrogens is 140 g/mol. The first kappa shape index (κ1) is 16.8. The van der Waals surface area contributed by atoms with Crippen LogP contribution >= 0.6 is 0 Å². The standard InChI is InChI=1S/C7H14O2.2CH4/c1-4-6(3)7(8)9-5-2;;/h6H,4-5H2,1-3H3;2*1H4. The molecule has 0 bridgehead atoms. The molecule has 0 spiro atoms. The van der Waals surface area contributed by atoms with Crippen molar-refractivity contribution in [2.24, 2.45) is 5.92 Å². The minimum atomic E-state index is -0.0833. The normalized spacial score (nSPS) is 10.5. The van der Waals surface area contributed by atoms with Gasteiger partial charge < -0.3 is 4.74 Å². The predicted octanol–water partition coefficient (Wildman–Crippen LogP) is 2.87. The molecule has 0 fully saturated rings. The predicted molar refractivity (Wildman–Crippen MR) is 49.6 cm³/mol. The van der Waals surface area contributed by atoms with Crippen molar-refractivity contribution in [3.8, 4) is 0 Å². The molecule has 0 aliphatic carbocycles. The molecule has 0 radical (unpaired) electrons. The van der Waals surface area contributed by atoms with Gasteiger partial charge in [-0.1, -0.05) is 28.7 Å². The van der Waals surface area contributed by atoms with E-state index in [1.807, 2.05) is 20.8 Å². The zero-order valence-corrected chi connectivity index (χ0v) is 6.31. The van der Waals surface area contributed by atoms with Gasteiger partial charge in [0.05, 0.1) is 12.5 Å². The average Bonchev–Trinajstić information content (AvgIpc) is 1.87. The first-order valence-corrected chi connectivity index (χ1v) is 3.39. The number of hydrogen-bond donors (Lipinski definition) is 0. The molecular formula is C9H22O2. The van der Waals surface area contributed by atoms with E-state index in [0.717, 1.165) is 6.42 Å². The highest BCUT2D eigenvalue weighted by atomic mass is 16.5. The fourth-order valence-corrected chi connectivity index (χ4v) is 0.451. The summed E-state index contributed by atoms with van der Waals surface area (Å²) in [7, 11) is 0. The minimum absolute atomic E-state index is 0. The summed E-state index contributed by atoms with van der Waals surface area (Å²) in [6, 6.07) is 0. The van der Waals surface area contributed by atoms with E-state index in [1.165, 1.54) is 0 Å². The molecule has 0 aliphatic heterocycles. The molecule has 0 N–H and O–H groups in total. The molecule has 1 unspecified atom stereocenters. The summed E-state index contributed by atoms with van der Waals surface area (Å²) in [5, 5.41) is 0. The van der Waals surface area contributed by atoms with E-state index in [9.17, 15) is 4.79 Å². The first-order chi connectivity index (χ1) is 4.22. The molecule has 0 saturated carbocycles. The van der Waals surface area contributed by atoms with Gasteiger partial charge in [0, 0.05) is 0 Å². The Morgan fingerprint density at radius 1 is 1.36 bits per heavy atom. The van der Waals surface area contributed by atoms with Crippen LogP contribution in [0.3, 0.4) is 0 Å². The van der Waals surface area contributed by atoms with E-state index >= 15 is 0 Å². The van der Waals surface area contributed by atoms with Crippen LogP contribution in [0.2, 0.25) is 0 Å². The van der Waals surface area contributed by atoms with E-state index < -0.39 is 0 Å². The second kappa shape index (κ2) is 9.47. The van der Waals surface area contributed by atoms with Crippen molar-refractivity contribution in [2.75, 3.05) is 6.61 Å². The van der Waals surface area contributed by atoms with Crippen LogP contribution in [0, 0.1) is 5.92 Å². The second-order valence-electron chi connectivity index (χ2n) is 2.06. The Labute approximate surface area is 70.9 Å². The molecule has 2 nitrogen and oxygen atoms in total. The van der Waals surface area contributed by atoms with E-state index in [0.29, 0.717) is 6.61 Å². The fourth-order valence-electron chi connectivity index (χ4n) is 0.451. The Morgan fingerprint density at radius 3 is 2.09 bits per heavy atom. The highest BCUT2D eigenvalue weighted by Crippen LogP contribution is 2.01. The van der Waals surface area contributed by atoms with Gasteiger partial charge in [-0.05, 0) is 13.3 Å². The Hall–Kier alpha value is -0.530. The van der Waals surface area contributed by atoms with E-state index in [1.54, 1.807) is 0 Å². The number of carbonyl (C=O) groups excluding carboxylic acids is 1. The van der Waals surface area contributed by atoms with Gasteiger partial charge in [-0.15, -0.1) is 0 Å². The van der Waals surface area contributed by atoms with Crippen LogP contribution < -0.4 is 0 Å². The highest BCUT2D eigenvalue weighted by Gasteiger charge is 2.09. The number of ether oxygens (including phenoxy) is 1. The van der Waals surface area contributed by atoms with Gasteiger partial charge in [0.1, 0.15) is 0 Å². The van der Waals surface area contributed by atoms with Gasteiger partial charge in [-0.2, -0.15) is 0 Å². The van der Waals surface area contributed by atoms with E-state index in [2.05, 4.69) is 0 Å². The lowest BCUT2D eigenvalue weighted by molar-refractivity contribution is -0.147. The monoisotopic (exact) mass is 162 g/mol. The molecule has 70 valence electrons. The maximum absolute atomic E-state index is 10.8. The third-order valence-electron chi connectivity index (χ3n) is 1.30. The number of hydrogen-bond acceptors (Lipinski definition) is 2. The second-order valence-corrected chi connectivity index (χ2v) is 2.06. The first-order valence-electron chi connectivity index (χ1n) is 3.39. The Balaban J connectivity index is -0.000000320. The molecule has 0 amide bonds. The summed E-state index contributed by atoms with van der Waals surface area (Å²) in [5.41, 5.74) is 0. The third-order valence-corrected chi connectivity index (χ3v) is 1.30. The molecule has 11 heavy (non-hydrogen) atoms. The molecule has 0 saturated heterocycles. The zero-order valence-electron chi connectivity index (χ0n) is 6.31. The van der Waals surface area contributed by atoms with Gasteiger partial charge in [0.15, 0.2) is 0 Å². The maximum atomic E-state index is 10.8. The molecule has 0 aromatic heterocycles. The minimum Gasteiger partial charge on any atom is -0.466 e. The van der Waals surface area contributed by atoms with Crippen LogP contribution in [-0.2, 0) is 9.53 Å². The molecule has 0 aromatic rings. The van der Waals surface area contributed by atoms with Crippen LogP contribution in [0.5, 0.6) is 0 Å². The van der Waals surface area contributed by atoms with Gasteiger partial charge in [0.2, 0.25) is 0 Å². The topological polar surface area (TPSA) is 26.3 Å². The van der Waals surface area contributed by atoms with Crippen molar-refractivity contribution in [3.63, 3.8) is 0 Å². The van der Waals surface area contributed by atoms with Crippen molar-refractivity contribution < 1.29 is 9.53 Å². The van der Waals surface area contributed by atoms with E-state index in [-0.39, 0.29) is 26.7 Å². The Bertz CT molecular complexity index is 89.6. The van der Waals surface area contributed by atoms with Gasteiger partial charge in [-0.25, -0.2) is 0 Å². The van der Waals surface area contributed by atoms with E-state index in [4.69, 9.17) is 4.74 Å². The van der Waals surface area contributed by atoms with Crippen molar-refractivity contribution in [1.29, 1.82) is 0 Å². The zero-order chi connectivity index (χ0) is 7.28. The number of esters is 1. The van der Waals surface area contributed by atoms with Gasteiger partial charge in [-0.3, -0.25) is 4.79 Å². The van der Waals surface area contributed by atoms with Gasteiger partial charge in [0.25, 0.3) is 0 Å². The largest absolute Gasteiger partial charge is 0.466 e. The lowest BCUT2D eigenvalue weighted by Crippen LogP contribution is -2.13. The Morgan fingerprint density at radius 2 is 1.82 bits per heavy atom. The lowest BCUT2D eigenvalue weighted by Gasteiger charge is -2.05. The molecule has 0 aliphatic rings. The number of carbonyl (C=O) groups is 1. The summed E-state index contributed by atoms with van der Waals surface area (Å²) in [4.78, 5) is 10.8. The van der Waals surface area contributed by atoms with Gasteiger partial charge >= 0.3 is 5.97 Å². The van der Waals surface area contributed by atoms with Crippen LogP contribution in [0.1, 0.15) is 42.0 Å². The van der Waals surface area contributed by atoms with Crippen LogP contribution in [0.15, 0.2) is 0 Å². The molecule has 0 heterocycles. The van der Waals surface area contributed by atoms with Crippen LogP contribution in [0.25, 0.3) is 0 Å². The van der Waals surface area contributed by atoms with Crippen molar-refractivity contribution in [3.05, 3.63) is 0 Å².